The first kappa shape index (κ1) is 20.2. The molecule has 0 unspecified atom stereocenters. The lowest BCUT2D eigenvalue weighted by Gasteiger charge is -2.17. The minimum Gasteiger partial charge on any atom is -0.423 e. The van der Waals surface area contributed by atoms with Crippen molar-refractivity contribution in [1.29, 1.82) is 0 Å². The van der Waals surface area contributed by atoms with Crippen molar-refractivity contribution in [1.82, 2.24) is 0 Å². The van der Waals surface area contributed by atoms with Crippen LogP contribution in [-0.4, -0.2) is 11.9 Å². The van der Waals surface area contributed by atoms with Gasteiger partial charge in [-0.15, -0.1) is 0 Å². The van der Waals surface area contributed by atoms with Crippen LogP contribution in [0.2, 0.25) is 0 Å². The standard InChI is InChI=1S/C20H30O4/c1-5-6-7-8-13-18(21)23-16-11-9-10-12-17(16)24-19(22)14-15-20(2,3)4/h9-12H,5-8,13-15H2,1-4H3. The van der Waals surface area contributed by atoms with E-state index < -0.39 is 0 Å². The summed E-state index contributed by atoms with van der Waals surface area (Å²) in [4.78, 5) is 23.9. The maximum Gasteiger partial charge on any atom is 0.311 e. The van der Waals surface area contributed by atoms with Crippen LogP contribution in [0.4, 0.5) is 0 Å². The molecule has 0 radical (unpaired) electrons. The molecule has 1 rings (SSSR count). The van der Waals surface area contributed by atoms with Gasteiger partial charge in [-0.25, -0.2) is 0 Å². The topological polar surface area (TPSA) is 52.6 Å². The van der Waals surface area contributed by atoms with Crippen LogP contribution in [0.5, 0.6) is 11.5 Å². The molecule has 4 heteroatoms. The molecule has 0 aliphatic heterocycles. The van der Waals surface area contributed by atoms with Crippen LogP contribution in [0, 0.1) is 5.41 Å². The zero-order valence-corrected chi connectivity index (χ0v) is 15.4. The number of ether oxygens (including phenoxy) is 2. The van der Waals surface area contributed by atoms with E-state index in [1.165, 1.54) is 0 Å². The lowest BCUT2D eigenvalue weighted by Crippen LogP contribution is -2.14. The highest BCUT2D eigenvalue weighted by Gasteiger charge is 2.16. The Hall–Kier alpha value is -1.84. The highest BCUT2D eigenvalue weighted by molar-refractivity contribution is 5.76. The summed E-state index contributed by atoms with van der Waals surface area (Å²) in [6.45, 7) is 8.36. The van der Waals surface area contributed by atoms with Crippen molar-refractivity contribution in [3.05, 3.63) is 24.3 Å². The summed E-state index contributed by atoms with van der Waals surface area (Å²) in [5, 5.41) is 0. The van der Waals surface area contributed by atoms with E-state index >= 15 is 0 Å². The van der Waals surface area contributed by atoms with E-state index in [9.17, 15) is 9.59 Å². The molecule has 1 aromatic rings. The molecule has 4 nitrogen and oxygen atoms in total. The van der Waals surface area contributed by atoms with Crippen LogP contribution in [0.25, 0.3) is 0 Å². The van der Waals surface area contributed by atoms with Crippen LogP contribution < -0.4 is 9.47 Å². The third-order valence-corrected chi connectivity index (χ3v) is 3.61. The highest BCUT2D eigenvalue weighted by atomic mass is 16.6. The van der Waals surface area contributed by atoms with Crippen molar-refractivity contribution in [3.8, 4) is 11.5 Å². The van der Waals surface area contributed by atoms with Crippen LogP contribution in [0.15, 0.2) is 24.3 Å². The van der Waals surface area contributed by atoms with Crippen molar-refractivity contribution in [2.75, 3.05) is 0 Å². The van der Waals surface area contributed by atoms with Gasteiger partial charge in [0.2, 0.25) is 0 Å². The maximum atomic E-state index is 12.0. The molecule has 1 aromatic carbocycles. The molecular formula is C20H30O4. The van der Waals surface area contributed by atoms with Gasteiger partial charge in [-0.05, 0) is 30.4 Å². The highest BCUT2D eigenvalue weighted by Crippen LogP contribution is 2.28. The number of esters is 2. The predicted octanol–water partition coefficient (Wildman–Crippen LogP) is 5.29. The predicted molar refractivity (Wildman–Crippen MR) is 95.2 cm³/mol. The minimum absolute atomic E-state index is 0.0729. The molecule has 0 aliphatic rings. The van der Waals surface area contributed by atoms with Crippen molar-refractivity contribution < 1.29 is 19.1 Å². The molecule has 0 atom stereocenters. The molecular weight excluding hydrogens is 304 g/mol. The monoisotopic (exact) mass is 334 g/mol. The summed E-state index contributed by atoms with van der Waals surface area (Å²) in [6.07, 6.45) is 5.55. The van der Waals surface area contributed by atoms with Crippen molar-refractivity contribution in [3.63, 3.8) is 0 Å². The molecule has 0 heterocycles. The summed E-state index contributed by atoms with van der Waals surface area (Å²) < 4.78 is 10.7. The average Bonchev–Trinajstić information content (AvgIpc) is 2.51. The number of benzene rings is 1. The molecule has 0 bridgehead atoms. The Morgan fingerprint density at radius 3 is 1.92 bits per heavy atom. The molecule has 0 aromatic heterocycles. The molecule has 0 saturated heterocycles. The Kier molecular flexibility index (Phi) is 8.51. The zero-order chi connectivity index (χ0) is 18.0. The fourth-order valence-corrected chi connectivity index (χ4v) is 2.14. The van der Waals surface area contributed by atoms with Gasteiger partial charge in [-0.2, -0.15) is 0 Å². The van der Waals surface area contributed by atoms with Gasteiger partial charge in [0.15, 0.2) is 11.5 Å². The lowest BCUT2D eigenvalue weighted by molar-refractivity contribution is -0.137. The van der Waals surface area contributed by atoms with E-state index in [0.29, 0.717) is 24.3 Å². The first-order valence-corrected chi connectivity index (χ1v) is 8.82. The molecule has 0 fully saturated rings. The summed E-state index contributed by atoms with van der Waals surface area (Å²) in [6, 6.07) is 6.81. The number of carbonyl (C=O) groups excluding carboxylic acids is 2. The molecule has 0 N–H and O–H groups in total. The fourth-order valence-electron chi connectivity index (χ4n) is 2.14. The zero-order valence-electron chi connectivity index (χ0n) is 15.4. The Balaban J connectivity index is 2.55. The Labute approximate surface area is 145 Å². The third kappa shape index (κ3) is 8.70. The molecule has 0 amide bonds. The van der Waals surface area contributed by atoms with Gasteiger partial charge < -0.3 is 9.47 Å². The van der Waals surface area contributed by atoms with Crippen LogP contribution in [0.1, 0.15) is 72.6 Å². The fraction of sp³-hybridized carbons (Fsp3) is 0.600. The number of rotatable bonds is 9. The number of carbonyl (C=O) groups is 2. The number of unbranched alkanes of at least 4 members (excludes halogenated alkanes) is 3. The van der Waals surface area contributed by atoms with Gasteiger partial charge in [-0.1, -0.05) is 59.1 Å². The smallest absolute Gasteiger partial charge is 0.311 e. The second-order valence-electron chi connectivity index (χ2n) is 7.27. The molecule has 24 heavy (non-hydrogen) atoms. The van der Waals surface area contributed by atoms with E-state index in [2.05, 4.69) is 27.7 Å². The van der Waals surface area contributed by atoms with Gasteiger partial charge in [0, 0.05) is 12.8 Å². The second kappa shape index (κ2) is 10.1. The van der Waals surface area contributed by atoms with Crippen molar-refractivity contribution in [2.45, 2.75) is 72.6 Å². The first-order chi connectivity index (χ1) is 11.3. The van der Waals surface area contributed by atoms with Crippen LogP contribution >= 0.6 is 0 Å². The first-order valence-electron chi connectivity index (χ1n) is 8.82. The number of para-hydroxylation sites is 2. The summed E-state index contributed by atoms with van der Waals surface area (Å²) in [5.41, 5.74) is 0.0729. The lowest BCUT2D eigenvalue weighted by atomic mass is 9.91. The third-order valence-electron chi connectivity index (χ3n) is 3.61. The molecule has 0 saturated carbocycles. The van der Waals surface area contributed by atoms with E-state index in [1.54, 1.807) is 24.3 Å². The summed E-state index contributed by atoms with van der Waals surface area (Å²) >= 11 is 0. The van der Waals surface area contributed by atoms with Gasteiger partial charge in [-0.3, -0.25) is 9.59 Å². The molecule has 0 spiro atoms. The Morgan fingerprint density at radius 1 is 0.875 bits per heavy atom. The van der Waals surface area contributed by atoms with Crippen molar-refractivity contribution >= 4 is 11.9 Å². The summed E-state index contributed by atoms with van der Waals surface area (Å²) in [7, 11) is 0. The normalized spacial score (nSPS) is 11.2. The van der Waals surface area contributed by atoms with E-state index in [4.69, 9.17) is 9.47 Å². The quantitative estimate of drug-likeness (QED) is 0.349. The van der Waals surface area contributed by atoms with E-state index in [1.807, 2.05) is 0 Å². The Bertz CT molecular complexity index is 529. The van der Waals surface area contributed by atoms with Gasteiger partial charge in [0.1, 0.15) is 0 Å². The van der Waals surface area contributed by atoms with Crippen LogP contribution in [-0.2, 0) is 9.59 Å². The molecule has 0 aliphatic carbocycles. The maximum absolute atomic E-state index is 12.0. The van der Waals surface area contributed by atoms with Crippen molar-refractivity contribution in [2.24, 2.45) is 5.41 Å². The largest absolute Gasteiger partial charge is 0.423 e. The SMILES string of the molecule is CCCCCCC(=O)Oc1ccccc1OC(=O)CCC(C)(C)C. The van der Waals surface area contributed by atoms with E-state index in [-0.39, 0.29) is 17.4 Å². The average molecular weight is 334 g/mol. The number of hydrogen-bond donors (Lipinski definition) is 0. The summed E-state index contributed by atoms with van der Waals surface area (Å²) in [5.74, 6) is 0.0149. The van der Waals surface area contributed by atoms with Gasteiger partial charge in [0.05, 0.1) is 0 Å². The minimum atomic E-state index is -0.309. The second-order valence-corrected chi connectivity index (χ2v) is 7.27. The Morgan fingerprint density at radius 2 is 1.42 bits per heavy atom. The van der Waals surface area contributed by atoms with E-state index in [0.717, 1.165) is 32.1 Å². The molecule has 134 valence electrons. The van der Waals surface area contributed by atoms with Gasteiger partial charge in [0.25, 0.3) is 0 Å². The van der Waals surface area contributed by atoms with Gasteiger partial charge >= 0.3 is 11.9 Å². The number of hydrogen-bond acceptors (Lipinski definition) is 4. The van der Waals surface area contributed by atoms with Crippen LogP contribution in [0.3, 0.4) is 0 Å².